The summed E-state index contributed by atoms with van der Waals surface area (Å²) in [6, 6.07) is 17.7. The van der Waals surface area contributed by atoms with Gasteiger partial charge in [0.1, 0.15) is 12.3 Å². The third-order valence-electron chi connectivity index (χ3n) is 9.22. The van der Waals surface area contributed by atoms with Crippen LogP contribution in [0.5, 0.6) is 0 Å². The Balaban J connectivity index is 1.15. The summed E-state index contributed by atoms with van der Waals surface area (Å²) < 4.78 is 51.4. The van der Waals surface area contributed by atoms with Gasteiger partial charge in [-0.15, -0.1) is 0 Å². The first-order valence-electron chi connectivity index (χ1n) is 17.7. The number of benzene rings is 3. The van der Waals surface area contributed by atoms with Crippen LogP contribution < -0.4 is 0 Å². The monoisotopic (exact) mass is 739 g/mol. The summed E-state index contributed by atoms with van der Waals surface area (Å²) in [6.45, 7) is 15.9. The van der Waals surface area contributed by atoms with Gasteiger partial charge in [-0.3, -0.25) is 4.18 Å². The van der Waals surface area contributed by atoms with E-state index < -0.39 is 16.1 Å². The second-order valence-electron chi connectivity index (χ2n) is 14.2. The fourth-order valence-electron chi connectivity index (χ4n) is 5.95. The topological polar surface area (TPSA) is 139 Å². The lowest BCUT2D eigenvalue weighted by atomic mass is 9.62. The molecule has 1 aliphatic carbocycles. The Labute approximate surface area is 308 Å². The Hall–Kier alpha value is -3.65. The van der Waals surface area contributed by atoms with Gasteiger partial charge < -0.3 is 28.9 Å². The van der Waals surface area contributed by atoms with E-state index >= 15 is 0 Å². The lowest BCUT2D eigenvalue weighted by Crippen LogP contribution is -2.34. The number of hydrogen-bond acceptors (Lipinski definition) is 10. The van der Waals surface area contributed by atoms with Gasteiger partial charge in [0.05, 0.1) is 69.9 Å². The normalized spacial score (nSPS) is 15.3. The van der Waals surface area contributed by atoms with Gasteiger partial charge >= 0.3 is 5.97 Å². The Bertz CT molecular complexity index is 1750. The molecule has 0 saturated carbocycles. The smallest absolute Gasteiger partial charge is 0.335 e. The van der Waals surface area contributed by atoms with Crippen molar-refractivity contribution in [3.63, 3.8) is 0 Å². The number of hydrogen-bond donors (Lipinski definition) is 1. The fraction of sp³-hybridized carbons (Fsp3) is 0.500. The van der Waals surface area contributed by atoms with Crippen LogP contribution in [0.1, 0.15) is 84.3 Å². The number of ether oxygens (including phenoxy) is 4. The van der Waals surface area contributed by atoms with Crippen molar-refractivity contribution < 1.29 is 46.3 Å². The summed E-state index contributed by atoms with van der Waals surface area (Å²) >= 11 is 0. The van der Waals surface area contributed by atoms with Crippen LogP contribution in [0.3, 0.4) is 0 Å². The zero-order chi connectivity index (χ0) is 37.8. The summed E-state index contributed by atoms with van der Waals surface area (Å²) in [7, 11) is -3.80. The maximum absolute atomic E-state index is 12.2. The predicted molar refractivity (Wildman–Crippen MR) is 199 cm³/mol. The third-order valence-corrected chi connectivity index (χ3v) is 10.6. The molecule has 284 valence electrons. The molecule has 0 atom stereocenters. The molecule has 0 aliphatic heterocycles. The van der Waals surface area contributed by atoms with Gasteiger partial charge in [-0.05, 0) is 84.5 Å². The summed E-state index contributed by atoms with van der Waals surface area (Å²) in [5.74, 6) is -0.983. The van der Waals surface area contributed by atoms with Gasteiger partial charge in [-0.25, -0.2) is 4.79 Å². The molecule has 0 bridgehead atoms. The van der Waals surface area contributed by atoms with Crippen molar-refractivity contribution in [1.29, 1.82) is 0 Å². The van der Waals surface area contributed by atoms with Crippen molar-refractivity contribution in [1.82, 2.24) is 0 Å². The highest BCUT2D eigenvalue weighted by Crippen LogP contribution is 2.46. The fourth-order valence-corrected chi connectivity index (χ4v) is 6.84. The molecule has 11 nitrogen and oxygen atoms in total. The van der Waals surface area contributed by atoms with Crippen LogP contribution in [0.4, 0.5) is 0 Å². The number of carboxylic acids is 1. The van der Waals surface area contributed by atoms with Crippen molar-refractivity contribution in [2.24, 2.45) is 5.16 Å². The molecule has 0 heterocycles. The molecular formula is C40H53NO10S. The van der Waals surface area contributed by atoms with Crippen LogP contribution in [0, 0.1) is 13.8 Å². The highest BCUT2D eigenvalue weighted by Gasteiger charge is 2.37. The molecule has 52 heavy (non-hydrogen) atoms. The van der Waals surface area contributed by atoms with E-state index in [1.165, 1.54) is 23.3 Å². The van der Waals surface area contributed by atoms with Gasteiger partial charge in [0.25, 0.3) is 10.1 Å². The first kappa shape index (κ1) is 41.1. The minimum absolute atomic E-state index is 0.00990. The molecule has 12 heteroatoms. The number of aryl methyl sites for hydroxylation is 2. The van der Waals surface area contributed by atoms with E-state index in [1.54, 1.807) is 36.4 Å². The molecule has 3 aromatic carbocycles. The maximum atomic E-state index is 12.2. The molecule has 0 radical (unpaired) electrons. The minimum Gasteiger partial charge on any atom is -0.478 e. The van der Waals surface area contributed by atoms with E-state index in [9.17, 15) is 18.3 Å². The van der Waals surface area contributed by atoms with Crippen LogP contribution in [0.25, 0.3) is 0 Å². The Kier molecular flexibility index (Phi) is 14.9. The van der Waals surface area contributed by atoms with Gasteiger partial charge in [0, 0.05) is 11.1 Å². The first-order chi connectivity index (χ1) is 24.7. The highest BCUT2D eigenvalue weighted by molar-refractivity contribution is 7.86. The number of fused-ring (bicyclic) bond motifs is 1. The van der Waals surface area contributed by atoms with Crippen LogP contribution in [0.15, 0.2) is 70.7 Å². The van der Waals surface area contributed by atoms with Gasteiger partial charge in [-0.1, -0.05) is 68.7 Å². The SMILES string of the molecule is Cc1ccc(S(=O)(=O)OCCOCCOCCOCCOCCO/N=C(/c2ccc(C(=O)O)cc2)c2cc3c(cc2C)C(C)(C)CCC3(C)C)cc1. The van der Waals surface area contributed by atoms with Crippen molar-refractivity contribution in [3.05, 3.63) is 99.6 Å². The molecule has 3 aromatic rings. The molecule has 0 fully saturated rings. The highest BCUT2D eigenvalue weighted by atomic mass is 32.2. The number of aromatic carboxylic acids is 1. The zero-order valence-electron chi connectivity index (χ0n) is 31.2. The largest absolute Gasteiger partial charge is 0.478 e. The molecule has 0 unspecified atom stereocenters. The predicted octanol–water partition coefficient (Wildman–Crippen LogP) is 6.59. The van der Waals surface area contributed by atoms with Crippen LogP contribution in [-0.2, 0) is 48.9 Å². The Morgan fingerprint density at radius 3 is 1.65 bits per heavy atom. The Morgan fingerprint density at radius 1 is 0.673 bits per heavy atom. The van der Waals surface area contributed by atoms with Crippen molar-refractivity contribution in [2.75, 3.05) is 66.1 Å². The average Bonchev–Trinajstić information content (AvgIpc) is 3.10. The van der Waals surface area contributed by atoms with Crippen LogP contribution in [0.2, 0.25) is 0 Å². The molecule has 0 spiro atoms. The van der Waals surface area contributed by atoms with Crippen molar-refractivity contribution >= 4 is 21.8 Å². The van der Waals surface area contributed by atoms with E-state index in [-0.39, 0.29) is 41.1 Å². The van der Waals surface area contributed by atoms with Crippen molar-refractivity contribution in [3.8, 4) is 0 Å². The van der Waals surface area contributed by atoms with E-state index in [0.717, 1.165) is 35.1 Å². The zero-order valence-corrected chi connectivity index (χ0v) is 32.1. The second-order valence-corrected chi connectivity index (χ2v) is 15.8. The standard InChI is InChI=1S/C40H53NO10S/c1-29-7-13-33(14-8-29)52(44,45)51-26-24-49-22-20-47-18-17-46-19-21-48-23-25-50-41-37(31-9-11-32(12-10-31)38(42)43)34-28-36-35(27-30(34)2)39(3,4)15-16-40(36,5)6/h7-14,27-28H,15-26H2,1-6H3,(H,42,43)/b41-37-. The van der Waals surface area contributed by atoms with Gasteiger partial charge in [-0.2, -0.15) is 8.42 Å². The van der Waals surface area contributed by atoms with Gasteiger partial charge in [0.15, 0.2) is 0 Å². The first-order valence-corrected chi connectivity index (χ1v) is 19.1. The lowest BCUT2D eigenvalue weighted by Gasteiger charge is -2.42. The number of nitrogens with zero attached hydrogens (tertiary/aromatic N) is 1. The summed E-state index contributed by atoms with van der Waals surface area (Å²) in [4.78, 5) is 17.4. The number of rotatable bonds is 21. The van der Waals surface area contributed by atoms with E-state index in [4.69, 9.17) is 28.0 Å². The molecule has 4 rings (SSSR count). The third kappa shape index (κ3) is 11.7. The molecular weight excluding hydrogens is 687 g/mol. The summed E-state index contributed by atoms with van der Waals surface area (Å²) in [5, 5.41) is 14.0. The minimum atomic E-state index is -3.80. The Morgan fingerprint density at radius 2 is 1.13 bits per heavy atom. The number of carbonyl (C=O) groups is 1. The lowest BCUT2D eigenvalue weighted by molar-refractivity contribution is -0.0122. The number of carboxylic acid groups (broad SMARTS) is 1. The molecule has 0 aromatic heterocycles. The molecule has 1 aliphatic rings. The van der Waals surface area contributed by atoms with E-state index in [1.807, 2.05) is 6.92 Å². The summed E-state index contributed by atoms with van der Waals surface area (Å²) in [5.41, 5.74) is 7.36. The second kappa shape index (κ2) is 18.9. The molecule has 0 amide bonds. The summed E-state index contributed by atoms with van der Waals surface area (Å²) in [6.07, 6.45) is 2.20. The quantitative estimate of drug-likeness (QED) is 0.0551. The number of oxime groups is 1. The maximum Gasteiger partial charge on any atom is 0.335 e. The van der Waals surface area contributed by atoms with E-state index in [2.05, 4.69) is 51.9 Å². The van der Waals surface area contributed by atoms with E-state index in [0.29, 0.717) is 52.0 Å². The van der Waals surface area contributed by atoms with Crippen LogP contribution in [-0.4, -0.2) is 91.3 Å². The molecule has 1 N–H and O–H groups in total. The van der Waals surface area contributed by atoms with Gasteiger partial charge in [0.2, 0.25) is 0 Å². The van der Waals surface area contributed by atoms with Crippen LogP contribution >= 0.6 is 0 Å². The van der Waals surface area contributed by atoms with Crippen molar-refractivity contribution in [2.45, 2.75) is 70.1 Å². The molecule has 0 saturated heterocycles. The average molecular weight is 740 g/mol.